The van der Waals surface area contributed by atoms with Gasteiger partial charge in [0.25, 0.3) is 0 Å². The van der Waals surface area contributed by atoms with Crippen LogP contribution in [0, 0.1) is 0 Å². The first-order valence-electron chi connectivity index (χ1n) is 8.97. The first kappa shape index (κ1) is 19.4. The van der Waals surface area contributed by atoms with Gasteiger partial charge in [0.1, 0.15) is 16.3 Å². The van der Waals surface area contributed by atoms with Crippen LogP contribution in [0.15, 0.2) is 58.0 Å². The number of ether oxygens (including phenoxy) is 1. The molecule has 2 N–H and O–H groups in total. The van der Waals surface area contributed by atoms with E-state index in [4.69, 9.17) is 4.74 Å². The van der Waals surface area contributed by atoms with Gasteiger partial charge in [0.05, 0.1) is 17.2 Å². The van der Waals surface area contributed by atoms with Gasteiger partial charge in [-0.05, 0) is 43.3 Å². The Kier molecular flexibility index (Phi) is 5.51. The summed E-state index contributed by atoms with van der Waals surface area (Å²) in [6.45, 7) is 1.96. The standard InChI is InChI=1S/C22H17BrN2O3S/c1-2-28-22(27)19-20(26)18(29-21(19)25-15-6-4-3-5-7-15)10-13-12-24-17-9-8-14(23)11-16(13)17/h3-12,25-26H,2H2,1H3. The highest BCUT2D eigenvalue weighted by molar-refractivity contribution is 9.10. The van der Waals surface area contributed by atoms with Gasteiger partial charge in [0, 0.05) is 27.5 Å². The van der Waals surface area contributed by atoms with Gasteiger partial charge in [-0.15, -0.1) is 11.3 Å². The van der Waals surface area contributed by atoms with Crippen molar-refractivity contribution in [1.29, 1.82) is 0 Å². The second kappa shape index (κ2) is 8.23. The van der Waals surface area contributed by atoms with Gasteiger partial charge in [-0.1, -0.05) is 34.1 Å². The molecule has 2 aromatic carbocycles. The molecule has 0 aliphatic carbocycles. The van der Waals surface area contributed by atoms with E-state index in [2.05, 4.69) is 26.2 Å². The normalized spacial score (nSPS) is 13.5. The summed E-state index contributed by atoms with van der Waals surface area (Å²) in [5.74, 6) is -0.663. The zero-order chi connectivity index (χ0) is 20.4. The SMILES string of the molecule is CCOC(=O)c1c(Nc2ccccc2)sc(C=C2C=Nc3ccc(Br)cc32)c1O. The lowest BCUT2D eigenvalue weighted by molar-refractivity contribution is 0.0525. The Morgan fingerprint density at radius 1 is 1.28 bits per heavy atom. The summed E-state index contributed by atoms with van der Waals surface area (Å²) in [5.41, 5.74) is 3.64. The number of nitrogens with zero attached hydrogens (tertiary/aromatic N) is 1. The molecule has 3 aromatic rings. The van der Waals surface area contributed by atoms with Gasteiger partial charge < -0.3 is 15.2 Å². The minimum atomic E-state index is -0.562. The molecule has 0 atom stereocenters. The molecular formula is C22H17BrN2O3S. The van der Waals surface area contributed by atoms with E-state index in [-0.39, 0.29) is 17.9 Å². The van der Waals surface area contributed by atoms with Gasteiger partial charge in [-0.2, -0.15) is 0 Å². The molecule has 0 saturated carbocycles. The average molecular weight is 469 g/mol. The number of carbonyl (C=O) groups is 1. The molecule has 29 heavy (non-hydrogen) atoms. The van der Waals surface area contributed by atoms with Crippen LogP contribution >= 0.6 is 27.3 Å². The van der Waals surface area contributed by atoms with E-state index in [1.54, 1.807) is 13.1 Å². The van der Waals surface area contributed by atoms with Crippen LogP contribution in [0.4, 0.5) is 16.4 Å². The molecule has 0 radical (unpaired) electrons. The third-order valence-electron chi connectivity index (χ3n) is 4.32. The summed E-state index contributed by atoms with van der Waals surface area (Å²) in [6, 6.07) is 15.3. The number of para-hydroxylation sites is 1. The fourth-order valence-corrected chi connectivity index (χ4v) is 4.40. The second-order valence-corrected chi connectivity index (χ2v) is 8.22. The Labute approximate surface area is 180 Å². The largest absolute Gasteiger partial charge is 0.505 e. The third kappa shape index (κ3) is 3.97. The summed E-state index contributed by atoms with van der Waals surface area (Å²) in [4.78, 5) is 17.5. The lowest BCUT2D eigenvalue weighted by Crippen LogP contribution is -2.06. The van der Waals surface area contributed by atoms with Crippen LogP contribution in [0.1, 0.15) is 27.7 Å². The van der Waals surface area contributed by atoms with Crippen LogP contribution < -0.4 is 5.32 Å². The fraction of sp³-hybridized carbons (Fsp3) is 0.0909. The Balaban J connectivity index is 1.77. The number of rotatable bonds is 5. The highest BCUT2D eigenvalue weighted by Crippen LogP contribution is 2.44. The molecule has 0 fully saturated rings. The van der Waals surface area contributed by atoms with Crippen molar-refractivity contribution < 1.29 is 14.6 Å². The van der Waals surface area contributed by atoms with Crippen LogP contribution in [0.2, 0.25) is 0 Å². The van der Waals surface area contributed by atoms with E-state index < -0.39 is 5.97 Å². The van der Waals surface area contributed by atoms with Crippen molar-refractivity contribution in [2.24, 2.45) is 4.99 Å². The van der Waals surface area contributed by atoms with Crippen LogP contribution in [-0.4, -0.2) is 23.9 Å². The summed E-state index contributed by atoms with van der Waals surface area (Å²) in [6.07, 6.45) is 3.59. The zero-order valence-electron chi connectivity index (χ0n) is 15.5. The topological polar surface area (TPSA) is 70.9 Å². The lowest BCUT2D eigenvalue weighted by Gasteiger charge is -2.07. The molecule has 1 aromatic heterocycles. The van der Waals surface area contributed by atoms with Gasteiger partial charge in [-0.3, -0.25) is 4.99 Å². The van der Waals surface area contributed by atoms with Gasteiger partial charge in [0.15, 0.2) is 0 Å². The fourth-order valence-electron chi connectivity index (χ4n) is 2.99. The van der Waals surface area contributed by atoms with Gasteiger partial charge in [-0.25, -0.2) is 4.79 Å². The monoisotopic (exact) mass is 468 g/mol. The molecule has 0 amide bonds. The van der Waals surface area contributed by atoms with Crippen molar-refractivity contribution in [3.8, 4) is 5.75 Å². The molecule has 5 nitrogen and oxygen atoms in total. The number of hydrogen-bond donors (Lipinski definition) is 2. The van der Waals surface area contributed by atoms with Crippen molar-refractivity contribution in [2.75, 3.05) is 11.9 Å². The van der Waals surface area contributed by atoms with Crippen molar-refractivity contribution in [1.82, 2.24) is 0 Å². The number of benzene rings is 2. The third-order valence-corrected chi connectivity index (χ3v) is 5.85. The number of aromatic hydroxyl groups is 1. The molecule has 2 heterocycles. The lowest BCUT2D eigenvalue weighted by atomic mass is 10.1. The van der Waals surface area contributed by atoms with Crippen molar-refractivity contribution in [3.63, 3.8) is 0 Å². The quantitative estimate of drug-likeness (QED) is 0.425. The van der Waals surface area contributed by atoms with Crippen LogP contribution in [0.25, 0.3) is 11.6 Å². The minimum Gasteiger partial charge on any atom is -0.505 e. The summed E-state index contributed by atoms with van der Waals surface area (Å²) < 4.78 is 6.10. The number of allylic oxidation sites excluding steroid dienone is 1. The van der Waals surface area contributed by atoms with E-state index in [0.29, 0.717) is 9.88 Å². The molecule has 0 saturated heterocycles. The predicted octanol–water partition coefficient (Wildman–Crippen LogP) is 6.39. The number of aliphatic imine (C=N–C) groups is 1. The van der Waals surface area contributed by atoms with Crippen LogP contribution in [-0.2, 0) is 4.74 Å². The molecule has 146 valence electrons. The van der Waals surface area contributed by atoms with Crippen molar-refractivity contribution in [2.45, 2.75) is 6.92 Å². The Hall–Kier alpha value is -2.90. The minimum absolute atomic E-state index is 0.101. The average Bonchev–Trinajstić information content (AvgIpc) is 3.24. The van der Waals surface area contributed by atoms with E-state index >= 15 is 0 Å². The number of fused-ring (bicyclic) bond motifs is 1. The molecule has 1 aliphatic heterocycles. The number of carbonyl (C=O) groups excluding carboxylic acids is 1. The summed E-state index contributed by atoms with van der Waals surface area (Å²) in [7, 11) is 0. The number of anilines is 2. The Bertz CT molecular complexity index is 1140. The van der Waals surface area contributed by atoms with E-state index in [1.165, 1.54) is 11.3 Å². The summed E-state index contributed by atoms with van der Waals surface area (Å²) >= 11 is 4.77. The zero-order valence-corrected chi connectivity index (χ0v) is 17.9. The molecule has 7 heteroatoms. The van der Waals surface area contributed by atoms with Gasteiger partial charge in [0.2, 0.25) is 0 Å². The number of thiophene rings is 1. The molecule has 0 bridgehead atoms. The van der Waals surface area contributed by atoms with Gasteiger partial charge >= 0.3 is 5.97 Å². The second-order valence-electron chi connectivity index (χ2n) is 6.25. The van der Waals surface area contributed by atoms with E-state index in [0.717, 1.165) is 27.0 Å². The Morgan fingerprint density at radius 2 is 2.07 bits per heavy atom. The number of nitrogens with one attached hydrogen (secondary N) is 1. The summed E-state index contributed by atoms with van der Waals surface area (Å²) in [5, 5.41) is 14.6. The smallest absolute Gasteiger partial charge is 0.344 e. The highest BCUT2D eigenvalue weighted by atomic mass is 79.9. The molecule has 0 unspecified atom stereocenters. The maximum atomic E-state index is 12.5. The van der Waals surface area contributed by atoms with Crippen LogP contribution in [0.5, 0.6) is 5.75 Å². The molecular weight excluding hydrogens is 452 g/mol. The Morgan fingerprint density at radius 3 is 2.83 bits per heavy atom. The first-order valence-corrected chi connectivity index (χ1v) is 10.6. The van der Waals surface area contributed by atoms with E-state index in [1.807, 2.05) is 54.6 Å². The van der Waals surface area contributed by atoms with Crippen molar-refractivity contribution >= 4 is 67.5 Å². The number of hydrogen-bond acceptors (Lipinski definition) is 6. The predicted molar refractivity (Wildman–Crippen MR) is 122 cm³/mol. The number of esters is 1. The maximum Gasteiger partial charge on any atom is 0.344 e. The molecule has 1 aliphatic rings. The van der Waals surface area contributed by atoms with Crippen LogP contribution in [0.3, 0.4) is 0 Å². The maximum absolute atomic E-state index is 12.5. The number of halogens is 1. The first-order chi connectivity index (χ1) is 14.1. The molecule has 4 rings (SSSR count). The molecule has 0 spiro atoms. The highest BCUT2D eigenvalue weighted by Gasteiger charge is 2.25. The van der Waals surface area contributed by atoms with Crippen molar-refractivity contribution in [3.05, 3.63) is 69.0 Å². The van der Waals surface area contributed by atoms with E-state index in [9.17, 15) is 9.90 Å².